The summed E-state index contributed by atoms with van der Waals surface area (Å²) in [4.78, 5) is 44.1. The fourth-order valence-corrected chi connectivity index (χ4v) is 2.45. The van der Waals surface area contributed by atoms with Crippen molar-refractivity contribution in [3.8, 4) is 11.5 Å². The molecule has 2 rings (SSSR count). The molecule has 0 atom stereocenters. The molecule has 0 amide bonds. The minimum atomic E-state index is -1.06. The fourth-order valence-electron chi connectivity index (χ4n) is 2.45. The largest absolute Gasteiger partial charge is 0.494 e. The Hall–Kier alpha value is -3.10. The van der Waals surface area contributed by atoms with Gasteiger partial charge in [0.1, 0.15) is 11.5 Å². The minimum absolute atomic E-state index is 0.284. The molecule has 0 saturated heterocycles. The fraction of sp³-hybridized carbons (Fsp3) is 0.417. The van der Waals surface area contributed by atoms with Crippen molar-refractivity contribution in [1.82, 2.24) is 0 Å². The molecule has 32 heavy (non-hydrogen) atoms. The second-order valence-corrected chi connectivity index (χ2v) is 6.90. The lowest BCUT2D eigenvalue weighted by Crippen LogP contribution is -2.22. The van der Waals surface area contributed by atoms with Crippen LogP contribution in [0.1, 0.15) is 67.2 Å². The first-order valence-corrected chi connectivity index (χ1v) is 10.8. The molecule has 0 spiro atoms. The lowest BCUT2D eigenvalue weighted by atomic mass is 10.2. The molecule has 0 aliphatic carbocycles. The maximum atomic E-state index is 12.2. The van der Waals surface area contributed by atoms with Crippen LogP contribution in [0.3, 0.4) is 0 Å². The minimum Gasteiger partial charge on any atom is -0.494 e. The first-order chi connectivity index (χ1) is 15.6. The Morgan fingerprint density at radius 2 is 1.06 bits per heavy atom. The molecule has 0 unspecified atom stereocenters. The third kappa shape index (κ3) is 8.56. The van der Waals surface area contributed by atoms with Crippen LogP contribution in [0.15, 0.2) is 48.5 Å². The van der Waals surface area contributed by atoms with Crippen LogP contribution < -0.4 is 9.47 Å². The Bertz CT molecular complexity index is 749. The molecule has 8 heteroatoms. The summed E-state index contributed by atoms with van der Waals surface area (Å²) in [6, 6.07) is 13.0. The van der Waals surface area contributed by atoms with E-state index in [0.717, 1.165) is 12.8 Å². The molecule has 0 radical (unpaired) electrons. The van der Waals surface area contributed by atoms with Gasteiger partial charge >= 0.3 is 11.9 Å². The Morgan fingerprint density at radius 1 is 0.656 bits per heavy atom. The first-order valence-electron chi connectivity index (χ1n) is 10.8. The van der Waals surface area contributed by atoms with Crippen LogP contribution in [-0.4, -0.2) is 31.4 Å². The van der Waals surface area contributed by atoms with E-state index in [1.807, 2.05) is 20.8 Å². The lowest BCUT2D eigenvalue weighted by Gasteiger charge is -2.14. The first kappa shape index (κ1) is 25.2. The van der Waals surface area contributed by atoms with Crippen LogP contribution in [0.2, 0.25) is 0 Å². The highest BCUT2D eigenvalue weighted by molar-refractivity contribution is 5.89. The zero-order valence-corrected chi connectivity index (χ0v) is 18.7. The number of carbonyl (C=O) groups is 2. The summed E-state index contributed by atoms with van der Waals surface area (Å²) >= 11 is 0. The second kappa shape index (κ2) is 14.1. The van der Waals surface area contributed by atoms with E-state index in [1.54, 1.807) is 48.5 Å². The van der Waals surface area contributed by atoms with E-state index in [0.29, 0.717) is 37.6 Å². The van der Waals surface area contributed by atoms with Crippen LogP contribution in [-0.2, 0) is 19.6 Å². The number of hydrogen-bond donors (Lipinski definition) is 0. The molecule has 0 saturated carbocycles. The van der Waals surface area contributed by atoms with E-state index in [2.05, 4.69) is 0 Å². The molecule has 0 aliphatic rings. The topological polar surface area (TPSA) is 89.5 Å². The highest BCUT2D eigenvalue weighted by Gasteiger charge is 2.19. The summed E-state index contributed by atoms with van der Waals surface area (Å²) in [5.74, 6) is -0.0850. The number of carbonyl (C=O) groups excluding carboxylic acids is 2. The number of benzene rings is 2. The molecule has 0 N–H and O–H groups in total. The Balaban J connectivity index is 1.82. The molecule has 0 aromatic heterocycles. The average molecular weight is 446 g/mol. The van der Waals surface area contributed by atoms with Crippen molar-refractivity contribution >= 4 is 11.9 Å². The predicted octanol–water partition coefficient (Wildman–Crippen LogP) is 5.27. The third-order valence-corrected chi connectivity index (χ3v) is 4.11. The van der Waals surface area contributed by atoms with Crippen molar-refractivity contribution in [3.63, 3.8) is 0 Å². The Labute approximate surface area is 188 Å². The average Bonchev–Trinajstić information content (AvgIpc) is 2.83. The van der Waals surface area contributed by atoms with E-state index in [-0.39, 0.29) is 11.1 Å². The van der Waals surface area contributed by atoms with Crippen LogP contribution >= 0.6 is 0 Å². The van der Waals surface area contributed by atoms with Gasteiger partial charge in [0.15, 0.2) is 0 Å². The van der Waals surface area contributed by atoms with Crippen LogP contribution in [0.4, 0.5) is 0 Å². The van der Waals surface area contributed by atoms with Gasteiger partial charge in [-0.15, -0.1) is 9.78 Å². The van der Waals surface area contributed by atoms with E-state index in [1.165, 1.54) is 0 Å². The van der Waals surface area contributed by atoms with Crippen LogP contribution in [0, 0.1) is 0 Å². The smallest absolute Gasteiger partial charge is 0.373 e. The highest BCUT2D eigenvalue weighted by Crippen LogP contribution is 2.16. The zero-order valence-electron chi connectivity index (χ0n) is 18.7. The van der Waals surface area contributed by atoms with Gasteiger partial charge in [0.05, 0.1) is 24.3 Å². The second-order valence-electron chi connectivity index (χ2n) is 6.90. The van der Waals surface area contributed by atoms with Crippen LogP contribution in [0.25, 0.3) is 0 Å². The summed E-state index contributed by atoms with van der Waals surface area (Å²) in [5.41, 5.74) is 0.568. The van der Waals surface area contributed by atoms with E-state index < -0.39 is 18.2 Å². The highest BCUT2D eigenvalue weighted by atomic mass is 17.3. The summed E-state index contributed by atoms with van der Waals surface area (Å²) in [6.45, 7) is 7.09. The third-order valence-electron chi connectivity index (χ3n) is 4.11. The van der Waals surface area contributed by atoms with Gasteiger partial charge in [0.2, 0.25) is 6.29 Å². The molecule has 0 fully saturated rings. The van der Waals surface area contributed by atoms with Crippen LogP contribution in [0.5, 0.6) is 11.5 Å². The Morgan fingerprint density at radius 3 is 1.41 bits per heavy atom. The van der Waals surface area contributed by atoms with E-state index >= 15 is 0 Å². The molecular weight excluding hydrogens is 416 g/mol. The van der Waals surface area contributed by atoms with E-state index in [4.69, 9.17) is 29.0 Å². The lowest BCUT2D eigenvalue weighted by molar-refractivity contribution is -0.421. The van der Waals surface area contributed by atoms with Crippen molar-refractivity contribution in [2.75, 3.05) is 13.2 Å². The standard InChI is InChI=1S/C24H30O8/c1-4-7-22(29-31-23(25)18-8-12-20(13-9-18)27-16-5-2)30-32-24(26)19-10-14-21(15-11-19)28-17-6-3/h8-15,22H,4-7,16-17H2,1-3H3. The summed E-state index contributed by atoms with van der Waals surface area (Å²) < 4.78 is 11.0. The number of ether oxygens (including phenoxy) is 2. The molecule has 0 heterocycles. The SMILES string of the molecule is CCCOc1ccc(C(=O)OOC(CCC)OOC(=O)c2ccc(OCCC)cc2)cc1. The molecule has 2 aromatic rings. The van der Waals surface area contributed by atoms with Gasteiger partial charge < -0.3 is 9.47 Å². The monoisotopic (exact) mass is 446 g/mol. The van der Waals surface area contributed by atoms with Crippen molar-refractivity contribution in [2.24, 2.45) is 0 Å². The van der Waals surface area contributed by atoms with Gasteiger partial charge in [-0.25, -0.2) is 9.59 Å². The molecular formula is C24H30O8. The predicted molar refractivity (Wildman–Crippen MR) is 116 cm³/mol. The summed E-state index contributed by atoms with van der Waals surface area (Å²) in [7, 11) is 0. The Kier molecular flexibility index (Phi) is 11.1. The van der Waals surface area contributed by atoms with Gasteiger partial charge in [-0.2, -0.15) is 0 Å². The van der Waals surface area contributed by atoms with Crippen molar-refractivity contribution in [3.05, 3.63) is 59.7 Å². The van der Waals surface area contributed by atoms with Crippen molar-refractivity contribution in [1.29, 1.82) is 0 Å². The van der Waals surface area contributed by atoms with Gasteiger partial charge in [-0.3, -0.25) is 9.78 Å². The zero-order chi connectivity index (χ0) is 23.2. The number of rotatable bonds is 14. The number of hydrogen-bond acceptors (Lipinski definition) is 8. The van der Waals surface area contributed by atoms with E-state index in [9.17, 15) is 9.59 Å². The molecule has 8 nitrogen and oxygen atoms in total. The van der Waals surface area contributed by atoms with Crippen molar-refractivity contribution < 1.29 is 38.6 Å². The van der Waals surface area contributed by atoms with Gasteiger partial charge in [0, 0.05) is 6.42 Å². The molecule has 0 bridgehead atoms. The van der Waals surface area contributed by atoms with Gasteiger partial charge in [-0.1, -0.05) is 27.2 Å². The molecule has 2 aromatic carbocycles. The van der Waals surface area contributed by atoms with Gasteiger partial charge in [0.25, 0.3) is 0 Å². The normalized spacial score (nSPS) is 10.6. The molecule has 0 aliphatic heterocycles. The van der Waals surface area contributed by atoms with Crippen molar-refractivity contribution in [2.45, 2.75) is 52.7 Å². The van der Waals surface area contributed by atoms with Gasteiger partial charge in [-0.05, 0) is 61.4 Å². The summed E-state index contributed by atoms with van der Waals surface area (Å²) in [5, 5.41) is 0. The maximum Gasteiger partial charge on any atom is 0.373 e. The maximum absolute atomic E-state index is 12.2. The quantitative estimate of drug-likeness (QED) is 0.220. The summed E-state index contributed by atoms with van der Waals surface area (Å²) in [6.07, 6.45) is 1.70. The molecule has 174 valence electrons.